The van der Waals surface area contributed by atoms with E-state index in [0.717, 1.165) is 43.7 Å². The summed E-state index contributed by atoms with van der Waals surface area (Å²) in [6.45, 7) is 14.7. The average Bonchev–Trinajstić information content (AvgIpc) is 3.43. The Labute approximate surface area is 295 Å². The Hall–Kier alpha value is -3.47. The van der Waals surface area contributed by atoms with Gasteiger partial charge in [-0.25, -0.2) is 0 Å². The molecule has 7 aromatic rings. The summed E-state index contributed by atoms with van der Waals surface area (Å²) in [5, 5.41) is 6.15. The van der Waals surface area contributed by atoms with E-state index in [0.29, 0.717) is 0 Å². The van der Waals surface area contributed by atoms with Crippen molar-refractivity contribution in [3.05, 3.63) is 127 Å². The first-order valence-electron chi connectivity index (χ1n) is 16.4. The summed E-state index contributed by atoms with van der Waals surface area (Å²) in [4.78, 5) is 9.14. The van der Waals surface area contributed by atoms with Gasteiger partial charge in [0.15, 0.2) is 0 Å². The summed E-state index contributed by atoms with van der Waals surface area (Å²) in [7, 11) is -1.23. The molecule has 0 fully saturated rings. The van der Waals surface area contributed by atoms with Gasteiger partial charge in [0.2, 0.25) is 0 Å². The fourth-order valence-corrected chi connectivity index (χ4v) is 7.94. The molecule has 2 nitrogen and oxygen atoms in total. The number of rotatable bonds is 5. The summed E-state index contributed by atoms with van der Waals surface area (Å²) < 4.78 is 19.4. The van der Waals surface area contributed by atoms with Crippen LogP contribution in [0.4, 0.5) is 0 Å². The summed E-state index contributed by atoms with van der Waals surface area (Å²) in [5.74, 6) is -1.37. The fourth-order valence-electron chi connectivity index (χ4n) is 5.64. The Kier molecular flexibility index (Phi) is 9.55. The largest absolute Gasteiger partial charge is 0.305 e. The van der Waals surface area contributed by atoms with E-state index in [4.69, 9.17) is 2.74 Å². The van der Waals surface area contributed by atoms with Gasteiger partial charge < -0.3 is 9.97 Å². The smallest absolute Gasteiger partial charge is 0.0795 e. The molecule has 235 valence electrons. The van der Waals surface area contributed by atoms with Crippen LogP contribution < -0.4 is 5.19 Å². The van der Waals surface area contributed by atoms with E-state index in [1.165, 1.54) is 26.0 Å². The second kappa shape index (κ2) is 14.1. The molecule has 0 N–H and O–H groups in total. The molecule has 7 rings (SSSR count). The molecule has 0 saturated heterocycles. The number of benzene rings is 4. The second-order valence-corrected chi connectivity index (χ2v) is 19.1. The van der Waals surface area contributed by atoms with Crippen molar-refractivity contribution in [1.82, 2.24) is 9.97 Å². The molecule has 46 heavy (non-hydrogen) atoms. The van der Waals surface area contributed by atoms with Gasteiger partial charge in [0.1, 0.15) is 0 Å². The number of hydrogen-bond acceptors (Lipinski definition) is 3. The summed E-state index contributed by atoms with van der Waals surface area (Å²) >= 11 is 1.74. The van der Waals surface area contributed by atoms with Crippen LogP contribution in [0.2, 0.25) is 19.6 Å². The predicted octanol–water partition coefficient (Wildman–Crippen LogP) is 11.4. The summed E-state index contributed by atoms with van der Waals surface area (Å²) in [6, 6.07) is 37.5. The number of nitrogens with zero attached hydrogens (tertiary/aromatic N) is 2. The van der Waals surface area contributed by atoms with Crippen LogP contribution in [0, 0.1) is 12.1 Å². The Balaban J connectivity index is 0.000000224. The fraction of sp³-hybridized carbons (Fsp3) is 0.220. The number of aromatic nitrogens is 2. The molecule has 0 aliphatic rings. The normalized spacial score (nSPS) is 12.7. The Morgan fingerprint density at radius 2 is 1.50 bits per heavy atom. The Bertz CT molecular complexity index is 2190. The predicted molar refractivity (Wildman–Crippen MR) is 199 cm³/mol. The molecule has 0 atom stereocenters. The van der Waals surface area contributed by atoms with Gasteiger partial charge in [-0.2, -0.15) is 11.3 Å². The average molecular weight is 815 g/mol. The SMILES string of the molecule is C[Si](C)(C)c1ccc(-c2[c-]cccc2)nc1.[2H]C(C)(C)c1ccnc(-c2[c-]ccc3c2sc2cc(C([2H])(C)C)c4ccccc4c23)c1.[Ir]. The third-order valence-electron chi connectivity index (χ3n) is 8.19. The van der Waals surface area contributed by atoms with Crippen molar-refractivity contribution in [2.75, 3.05) is 0 Å². The van der Waals surface area contributed by atoms with E-state index >= 15 is 0 Å². The van der Waals surface area contributed by atoms with Gasteiger partial charge in [-0.15, -0.1) is 59.7 Å². The molecule has 3 aromatic heterocycles. The topological polar surface area (TPSA) is 25.8 Å². The molecule has 1 radical (unpaired) electrons. The van der Waals surface area contributed by atoms with Crippen molar-refractivity contribution in [2.24, 2.45) is 0 Å². The van der Waals surface area contributed by atoms with Crippen LogP contribution in [0.1, 0.15) is 53.4 Å². The van der Waals surface area contributed by atoms with Crippen LogP contribution in [0.15, 0.2) is 103 Å². The molecule has 0 unspecified atom stereocenters. The van der Waals surface area contributed by atoms with E-state index < -0.39 is 19.9 Å². The molecule has 5 heteroatoms. The first-order chi connectivity index (χ1) is 22.2. The second-order valence-electron chi connectivity index (χ2n) is 12.9. The standard InChI is InChI=1S/C27H24NS.C14H16NSi.Ir/c1-16(2)18-12-13-28-24(14-18)21-10-7-11-22-26-20-9-6-5-8-19(20)23(17(3)4)15-25(26)29-27(21)22;1-16(2,3)13-9-10-14(15-11-13)12-7-5-4-6-8-12;/h5-9,11-17H,1-4H3;4-7,9-11H,1-3H3;/q2*-1;/i16D,17D;;. The minimum atomic E-state index is -1.23. The van der Waals surface area contributed by atoms with Crippen LogP contribution >= 0.6 is 11.3 Å². The zero-order chi connectivity index (χ0) is 33.6. The van der Waals surface area contributed by atoms with E-state index in [-0.39, 0.29) is 20.1 Å². The number of pyridine rings is 2. The van der Waals surface area contributed by atoms with Crippen molar-refractivity contribution in [3.63, 3.8) is 0 Å². The molecule has 0 aliphatic carbocycles. The first kappa shape index (κ1) is 31.1. The van der Waals surface area contributed by atoms with Crippen LogP contribution in [0.5, 0.6) is 0 Å². The van der Waals surface area contributed by atoms with E-state index in [1.54, 1.807) is 17.5 Å². The summed E-state index contributed by atoms with van der Waals surface area (Å²) in [5.41, 5.74) is 5.87. The maximum Gasteiger partial charge on any atom is 0.0795 e. The third-order valence-corrected chi connectivity index (χ3v) is 11.4. The van der Waals surface area contributed by atoms with Crippen molar-refractivity contribution in [3.8, 4) is 22.5 Å². The van der Waals surface area contributed by atoms with Crippen LogP contribution in [0.25, 0.3) is 53.5 Å². The van der Waals surface area contributed by atoms with Crippen LogP contribution in [0.3, 0.4) is 0 Å². The maximum atomic E-state index is 8.69. The molecular formula is C41H40IrN2SSi-2. The van der Waals surface area contributed by atoms with Gasteiger partial charge in [-0.05, 0) is 66.9 Å². The monoisotopic (exact) mass is 815 g/mol. The molecule has 4 aromatic carbocycles. The van der Waals surface area contributed by atoms with Gasteiger partial charge in [0.05, 0.1) is 8.07 Å². The maximum absolute atomic E-state index is 8.69. The Morgan fingerprint density at radius 1 is 0.739 bits per heavy atom. The van der Waals surface area contributed by atoms with E-state index in [9.17, 15) is 0 Å². The quantitative estimate of drug-likeness (QED) is 0.128. The molecule has 0 saturated carbocycles. The minimum Gasteiger partial charge on any atom is -0.305 e. The van der Waals surface area contributed by atoms with Gasteiger partial charge in [0, 0.05) is 39.9 Å². The zero-order valence-corrected chi connectivity index (χ0v) is 31.7. The molecule has 0 aliphatic heterocycles. The first-order valence-corrected chi connectivity index (χ1v) is 19.7. The number of hydrogen-bond donors (Lipinski definition) is 0. The number of thiophene rings is 1. The van der Waals surface area contributed by atoms with E-state index in [1.807, 2.05) is 76.4 Å². The van der Waals surface area contributed by atoms with E-state index in [2.05, 4.69) is 90.3 Å². The molecule has 3 heterocycles. The molecule has 0 bridgehead atoms. The van der Waals surface area contributed by atoms with Crippen molar-refractivity contribution in [2.45, 2.75) is 59.1 Å². The Morgan fingerprint density at radius 3 is 2.15 bits per heavy atom. The molecule has 0 spiro atoms. The van der Waals surface area contributed by atoms with Gasteiger partial charge >= 0.3 is 0 Å². The van der Waals surface area contributed by atoms with Crippen LogP contribution in [-0.2, 0) is 20.1 Å². The minimum absolute atomic E-state index is 0. The molecule has 0 amide bonds. The third kappa shape index (κ3) is 6.94. The van der Waals surface area contributed by atoms with Crippen molar-refractivity contribution in [1.29, 1.82) is 0 Å². The number of fused-ring (bicyclic) bond motifs is 5. The van der Waals surface area contributed by atoms with Gasteiger partial charge in [0.25, 0.3) is 0 Å². The van der Waals surface area contributed by atoms with Crippen LogP contribution in [-0.4, -0.2) is 18.0 Å². The zero-order valence-electron chi connectivity index (χ0n) is 29.5. The van der Waals surface area contributed by atoms with Crippen molar-refractivity contribution >= 4 is 55.5 Å². The van der Waals surface area contributed by atoms with Gasteiger partial charge in [-0.1, -0.05) is 101 Å². The van der Waals surface area contributed by atoms with Crippen molar-refractivity contribution < 1.29 is 22.8 Å². The summed E-state index contributed by atoms with van der Waals surface area (Å²) in [6.07, 6.45) is 3.81. The van der Waals surface area contributed by atoms with Gasteiger partial charge in [-0.3, -0.25) is 0 Å². The molecular weight excluding hydrogens is 773 g/mol.